The van der Waals surface area contributed by atoms with Crippen LogP contribution < -0.4 is 5.32 Å². The van der Waals surface area contributed by atoms with Crippen LogP contribution in [0.4, 0.5) is 0 Å². The van der Waals surface area contributed by atoms with Crippen LogP contribution >= 0.6 is 0 Å². The van der Waals surface area contributed by atoms with E-state index in [1.165, 1.54) is 6.42 Å². The highest BCUT2D eigenvalue weighted by molar-refractivity contribution is 5.98. The molecule has 1 heterocycles. The second kappa shape index (κ2) is 4.16. The van der Waals surface area contributed by atoms with E-state index in [9.17, 15) is 4.79 Å². The Kier molecular flexibility index (Phi) is 2.62. The molecule has 1 saturated carbocycles. The summed E-state index contributed by atoms with van der Waals surface area (Å²) in [6.07, 6.45) is 6.37. The van der Waals surface area contributed by atoms with Crippen molar-refractivity contribution in [3.05, 3.63) is 36.0 Å². The highest BCUT2D eigenvalue weighted by atomic mass is 16.1. The van der Waals surface area contributed by atoms with Crippen molar-refractivity contribution in [2.24, 2.45) is 0 Å². The normalized spacial score (nSPS) is 17.4. The molecule has 3 nitrogen and oxygen atoms in total. The van der Waals surface area contributed by atoms with Gasteiger partial charge in [0.1, 0.15) is 0 Å². The summed E-state index contributed by atoms with van der Waals surface area (Å²) in [5, 5.41) is 4.29. The van der Waals surface area contributed by atoms with Gasteiger partial charge in [-0.25, -0.2) is 0 Å². The van der Waals surface area contributed by atoms with Crippen LogP contribution in [0, 0.1) is 0 Å². The highest BCUT2D eigenvalue weighted by Crippen LogP contribution is 2.34. The van der Waals surface area contributed by atoms with Crippen molar-refractivity contribution in [3.8, 4) is 0 Å². The van der Waals surface area contributed by atoms with E-state index in [1.807, 2.05) is 30.5 Å². The van der Waals surface area contributed by atoms with E-state index in [2.05, 4.69) is 17.2 Å². The van der Waals surface area contributed by atoms with Gasteiger partial charge in [0, 0.05) is 28.2 Å². The summed E-state index contributed by atoms with van der Waals surface area (Å²) >= 11 is 0. The number of aromatic nitrogens is 1. The summed E-state index contributed by atoms with van der Waals surface area (Å²) in [5.74, 6) is 0.0552. The Balaban J connectivity index is 1.83. The summed E-state index contributed by atoms with van der Waals surface area (Å²) in [4.78, 5) is 15.4. The van der Waals surface area contributed by atoms with Crippen molar-refractivity contribution in [1.82, 2.24) is 10.3 Å². The van der Waals surface area contributed by atoms with Gasteiger partial charge in [0.25, 0.3) is 5.91 Å². The first kappa shape index (κ1) is 11.3. The quantitative estimate of drug-likeness (QED) is 0.852. The fraction of sp³-hybridized carbons (Fsp3) is 0.400. The van der Waals surface area contributed by atoms with Crippen molar-refractivity contribution in [2.75, 3.05) is 0 Å². The predicted molar refractivity (Wildman–Crippen MR) is 72.6 cm³/mol. The Morgan fingerprint density at radius 1 is 1.39 bits per heavy atom. The van der Waals surface area contributed by atoms with Gasteiger partial charge in [-0.2, -0.15) is 0 Å². The third-order valence-corrected chi connectivity index (χ3v) is 4.18. The second-order valence-electron chi connectivity index (χ2n) is 5.22. The minimum atomic E-state index is 0.0552. The number of rotatable bonds is 3. The first-order valence-corrected chi connectivity index (χ1v) is 6.62. The highest BCUT2D eigenvalue weighted by Gasteiger charge is 2.36. The van der Waals surface area contributed by atoms with Crippen LogP contribution in [0.1, 0.15) is 43.0 Å². The summed E-state index contributed by atoms with van der Waals surface area (Å²) in [6, 6.07) is 7.79. The van der Waals surface area contributed by atoms with Crippen molar-refractivity contribution >= 4 is 16.8 Å². The molecule has 0 saturated heterocycles. The number of benzene rings is 1. The zero-order valence-corrected chi connectivity index (χ0v) is 10.6. The molecule has 0 radical (unpaired) electrons. The third kappa shape index (κ3) is 1.80. The van der Waals surface area contributed by atoms with E-state index in [-0.39, 0.29) is 11.4 Å². The lowest BCUT2D eigenvalue weighted by molar-refractivity contribution is 0.0820. The average molecular weight is 242 g/mol. The molecule has 0 spiro atoms. The van der Waals surface area contributed by atoms with E-state index in [0.717, 1.165) is 35.7 Å². The topological polar surface area (TPSA) is 44.9 Å². The number of nitrogens with one attached hydrogen (secondary N) is 2. The van der Waals surface area contributed by atoms with Gasteiger partial charge in [0.05, 0.1) is 0 Å². The van der Waals surface area contributed by atoms with E-state index in [1.54, 1.807) is 0 Å². The second-order valence-corrected chi connectivity index (χ2v) is 5.22. The van der Waals surface area contributed by atoms with Crippen molar-refractivity contribution in [2.45, 2.75) is 38.1 Å². The molecule has 0 unspecified atom stereocenters. The first-order chi connectivity index (χ1) is 8.72. The van der Waals surface area contributed by atoms with E-state index in [4.69, 9.17) is 0 Å². The lowest BCUT2D eigenvalue weighted by atomic mass is 9.74. The molecule has 1 aromatic carbocycles. The molecule has 1 amide bonds. The number of carbonyl (C=O) groups is 1. The van der Waals surface area contributed by atoms with Gasteiger partial charge in [-0.15, -0.1) is 0 Å². The number of H-pyrrole nitrogens is 1. The van der Waals surface area contributed by atoms with Crippen LogP contribution in [0.5, 0.6) is 0 Å². The van der Waals surface area contributed by atoms with Gasteiger partial charge in [0.15, 0.2) is 0 Å². The van der Waals surface area contributed by atoms with E-state index in [0.29, 0.717) is 0 Å². The maximum absolute atomic E-state index is 12.3. The molecule has 1 aliphatic carbocycles. The number of hydrogen-bond acceptors (Lipinski definition) is 1. The van der Waals surface area contributed by atoms with Crippen LogP contribution in [0.15, 0.2) is 30.5 Å². The maximum atomic E-state index is 12.3. The van der Waals surface area contributed by atoms with Crippen LogP contribution in [-0.2, 0) is 0 Å². The largest absolute Gasteiger partial charge is 0.361 e. The first-order valence-electron chi connectivity index (χ1n) is 6.62. The molecule has 3 rings (SSSR count). The molecule has 0 bridgehead atoms. The van der Waals surface area contributed by atoms with Crippen LogP contribution in [0.2, 0.25) is 0 Å². The SMILES string of the molecule is CCC1(NC(=O)c2ccc3[nH]ccc3c2)CCC1. The Labute approximate surface area is 107 Å². The van der Waals surface area contributed by atoms with Gasteiger partial charge in [-0.1, -0.05) is 6.92 Å². The number of fused-ring (bicyclic) bond motifs is 1. The third-order valence-electron chi connectivity index (χ3n) is 4.18. The predicted octanol–water partition coefficient (Wildman–Crippen LogP) is 3.23. The summed E-state index contributed by atoms with van der Waals surface area (Å²) in [6.45, 7) is 2.15. The molecule has 2 N–H and O–H groups in total. The molecular formula is C15H18N2O. The molecule has 1 fully saturated rings. The molecule has 1 aromatic heterocycles. The molecular weight excluding hydrogens is 224 g/mol. The van der Waals surface area contributed by atoms with E-state index >= 15 is 0 Å². The monoisotopic (exact) mass is 242 g/mol. The lowest BCUT2D eigenvalue weighted by Crippen LogP contribution is -2.52. The van der Waals surface area contributed by atoms with Crippen molar-refractivity contribution in [3.63, 3.8) is 0 Å². The minimum absolute atomic E-state index is 0.0552. The molecule has 2 aromatic rings. The summed E-state index contributed by atoms with van der Waals surface area (Å²) in [7, 11) is 0. The van der Waals surface area contributed by atoms with Crippen LogP contribution in [0.3, 0.4) is 0 Å². The van der Waals surface area contributed by atoms with Gasteiger partial charge in [-0.3, -0.25) is 4.79 Å². The maximum Gasteiger partial charge on any atom is 0.251 e. The van der Waals surface area contributed by atoms with Gasteiger partial charge >= 0.3 is 0 Å². The van der Waals surface area contributed by atoms with Crippen molar-refractivity contribution in [1.29, 1.82) is 0 Å². The Morgan fingerprint density at radius 3 is 2.89 bits per heavy atom. The number of aromatic amines is 1. The smallest absolute Gasteiger partial charge is 0.251 e. The molecule has 0 aliphatic heterocycles. The molecule has 0 atom stereocenters. The average Bonchev–Trinajstić information content (AvgIpc) is 2.80. The van der Waals surface area contributed by atoms with Gasteiger partial charge in [-0.05, 0) is 49.9 Å². The van der Waals surface area contributed by atoms with Gasteiger partial charge in [0.2, 0.25) is 0 Å². The number of amides is 1. The van der Waals surface area contributed by atoms with Gasteiger partial charge < -0.3 is 10.3 Å². The Hall–Kier alpha value is -1.77. The fourth-order valence-corrected chi connectivity index (χ4v) is 2.68. The van der Waals surface area contributed by atoms with Crippen molar-refractivity contribution < 1.29 is 4.79 Å². The molecule has 18 heavy (non-hydrogen) atoms. The fourth-order valence-electron chi connectivity index (χ4n) is 2.68. The van der Waals surface area contributed by atoms with E-state index < -0.39 is 0 Å². The Morgan fingerprint density at radius 2 is 2.22 bits per heavy atom. The molecule has 94 valence electrons. The lowest BCUT2D eigenvalue weighted by Gasteiger charge is -2.42. The Bertz CT molecular complexity index is 575. The summed E-state index contributed by atoms with van der Waals surface area (Å²) < 4.78 is 0. The number of hydrogen-bond donors (Lipinski definition) is 2. The molecule has 3 heteroatoms. The zero-order chi connectivity index (χ0) is 12.6. The molecule has 1 aliphatic rings. The zero-order valence-electron chi connectivity index (χ0n) is 10.6. The summed E-state index contributed by atoms with van der Waals surface area (Å²) in [5.41, 5.74) is 1.88. The standard InChI is InChI=1S/C15H18N2O/c1-2-15(7-3-8-15)17-14(18)12-4-5-13-11(10-12)6-9-16-13/h4-6,9-10,16H,2-3,7-8H2,1H3,(H,17,18). The van der Waals surface area contributed by atoms with Crippen LogP contribution in [0.25, 0.3) is 10.9 Å². The number of carbonyl (C=O) groups excluding carboxylic acids is 1. The minimum Gasteiger partial charge on any atom is -0.361 e. The van der Waals surface area contributed by atoms with Crippen LogP contribution in [-0.4, -0.2) is 16.4 Å².